The Morgan fingerprint density at radius 1 is 1.00 bits per heavy atom. The van der Waals surface area contributed by atoms with Gasteiger partial charge in [0, 0.05) is 11.8 Å². The van der Waals surface area contributed by atoms with Gasteiger partial charge in [0.25, 0.3) is 0 Å². The van der Waals surface area contributed by atoms with Crippen molar-refractivity contribution in [2.45, 2.75) is 32.1 Å². The average Bonchev–Trinajstić information content (AvgIpc) is 2.73. The number of hydrogen-bond donors (Lipinski definition) is 1. The van der Waals surface area contributed by atoms with Crippen molar-refractivity contribution in [2.24, 2.45) is 0 Å². The summed E-state index contributed by atoms with van der Waals surface area (Å²) in [6, 6.07) is 8.71. The van der Waals surface area contributed by atoms with Crippen molar-refractivity contribution in [1.82, 2.24) is 10.2 Å². The molecule has 0 atom stereocenters. The average molecular weight is 212 g/mol. The van der Waals surface area contributed by atoms with Crippen LogP contribution in [0.4, 0.5) is 0 Å². The maximum absolute atomic E-state index is 4.05. The van der Waals surface area contributed by atoms with Crippen LogP contribution in [0, 0.1) is 0 Å². The zero-order valence-electron chi connectivity index (χ0n) is 9.37. The molecule has 16 heavy (non-hydrogen) atoms. The van der Waals surface area contributed by atoms with E-state index in [2.05, 4.69) is 34.5 Å². The first-order chi connectivity index (χ1) is 7.95. The van der Waals surface area contributed by atoms with Crippen LogP contribution in [0.15, 0.2) is 30.5 Å². The highest BCUT2D eigenvalue weighted by molar-refractivity contribution is 5.65. The van der Waals surface area contributed by atoms with Crippen LogP contribution in [0.3, 0.4) is 0 Å². The first-order valence-electron chi connectivity index (χ1n) is 6.05. The van der Waals surface area contributed by atoms with E-state index in [0.29, 0.717) is 0 Å². The summed E-state index contributed by atoms with van der Waals surface area (Å²) in [6.07, 6.45) is 8.28. The molecule has 2 nitrogen and oxygen atoms in total. The van der Waals surface area contributed by atoms with E-state index in [9.17, 15) is 0 Å². The Labute approximate surface area is 95.7 Å². The Hall–Kier alpha value is -1.57. The summed E-state index contributed by atoms with van der Waals surface area (Å²) in [6.45, 7) is 0. The normalized spacial score (nSPS) is 15.5. The molecule has 0 radical (unpaired) electrons. The molecule has 1 N–H and O–H groups in total. The smallest absolute Gasteiger partial charge is 0.0652 e. The lowest BCUT2D eigenvalue weighted by atomic mass is 9.95. The van der Waals surface area contributed by atoms with E-state index >= 15 is 0 Å². The van der Waals surface area contributed by atoms with E-state index in [1.165, 1.54) is 48.8 Å². The highest BCUT2D eigenvalue weighted by Crippen LogP contribution is 2.29. The topological polar surface area (TPSA) is 28.7 Å². The van der Waals surface area contributed by atoms with E-state index in [1.807, 2.05) is 6.20 Å². The Bertz CT molecular complexity index is 471. The zero-order valence-corrected chi connectivity index (χ0v) is 9.37. The van der Waals surface area contributed by atoms with Crippen LogP contribution in [0.5, 0.6) is 0 Å². The Morgan fingerprint density at radius 2 is 1.94 bits per heavy atom. The van der Waals surface area contributed by atoms with Gasteiger partial charge in [0.05, 0.1) is 5.69 Å². The van der Waals surface area contributed by atoms with Crippen molar-refractivity contribution >= 4 is 0 Å². The van der Waals surface area contributed by atoms with Crippen molar-refractivity contribution in [1.29, 1.82) is 0 Å². The van der Waals surface area contributed by atoms with Gasteiger partial charge < -0.3 is 0 Å². The van der Waals surface area contributed by atoms with Gasteiger partial charge >= 0.3 is 0 Å². The lowest BCUT2D eigenvalue weighted by molar-refractivity contribution is 0.712. The van der Waals surface area contributed by atoms with Gasteiger partial charge in [-0.15, -0.1) is 0 Å². The Balaban J connectivity index is 2.12. The van der Waals surface area contributed by atoms with E-state index in [1.54, 1.807) is 0 Å². The summed E-state index contributed by atoms with van der Waals surface area (Å²) in [7, 11) is 0. The number of aromatic amines is 1. The summed E-state index contributed by atoms with van der Waals surface area (Å²) in [5.74, 6) is 0. The lowest BCUT2D eigenvalue weighted by Crippen LogP contribution is -1.94. The molecule has 1 aliphatic carbocycles. The lowest BCUT2D eigenvalue weighted by Gasteiger charge is -2.10. The maximum atomic E-state index is 4.05. The maximum Gasteiger partial charge on any atom is 0.0652 e. The molecule has 82 valence electrons. The van der Waals surface area contributed by atoms with Crippen molar-refractivity contribution in [3.8, 4) is 11.3 Å². The third-order valence-corrected chi connectivity index (χ3v) is 3.44. The number of aromatic nitrogens is 2. The van der Waals surface area contributed by atoms with Crippen molar-refractivity contribution in [2.75, 3.05) is 0 Å². The van der Waals surface area contributed by atoms with Gasteiger partial charge in [-0.2, -0.15) is 5.10 Å². The van der Waals surface area contributed by atoms with Gasteiger partial charge in [-0.25, -0.2) is 0 Å². The van der Waals surface area contributed by atoms with E-state index < -0.39 is 0 Å². The first kappa shape index (κ1) is 9.64. The minimum absolute atomic E-state index is 1.15. The Kier molecular flexibility index (Phi) is 2.49. The van der Waals surface area contributed by atoms with Crippen LogP contribution in [0.25, 0.3) is 11.3 Å². The minimum Gasteiger partial charge on any atom is -0.278 e. The predicted octanol–water partition coefficient (Wildman–Crippen LogP) is 3.35. The fourth-order valence-corrected chi connectivity index (χ4v) is 2.62. The molecule has 0 aliphatic heterocycles. The standard InChI is InChI=1S/C14H16N2/c1-2-5-11-6-4-8-13(12(11)7-3-1)14-9-10-15-16-14/h4,6,8-10H,1-3,5,7H2,(H,15,16). The van der Waals surface area contributed by atoms with Crippen LogP contribution < -0.4 is 0 Å². The van der Waals surface area contributed by atoms with Crippen molar-refractivity contribution in [3.05, 3.63) is 41.6 Å². The largest absolute Gasteiger partial charge is 0.278 e. The van der Waals surface area contributed by atoms with Crippen LogP contribution in [-0.4, -0.2) is 10.2 Å². The van der Waals surface area contributed by atoms with E-state index in [0.717, 1.165) is 5.69 Å². The fraction of sp³-hybridized carbons (Fsp3) is 0.357. The third-order valence-electron chi connectivity index (χ3n) is 3.44. The molecule has 1 aliphatic rings. The molecule has 2 heteroatoms. The van der Waals surface area contributed by atoms with Crippen LogP contribution in [-0.2, 0) is 12.8 Å². The van der Waals surface area contributed by atoms with Crippen LogP contribution >= 0.6 is 0 Å². The van der Waals surface area contributed by atoms with Gasteiger partial charge in [0.1, 0.15) is 0 Å². The van der Waals surface area contributed by atoms with Crippen molar-refractivity contribution in [3.63, 3.8) is 0 Å². The molecule has 1 heterocycles. The Morgan fingerprint density at radius 3 is 2.81 bits per heavy atom. The highest BCUT2D eigenvalue weighted by atomic mass is 15.1. The fourth-order valence-electron chi connectivity index (χ4n) is 2.62. The second-order valence-electron chi connectivity index (χ2n) is 4.47. The van der Waals surface area contributed by atoms with E-state index in [-0.39, 0.29) is 0 Å². The summed E-state index contributed by atoms with van der Waals surface area (Å²) in [5.41, 5.74) is 5.56. The molecule has 2 aromatic rings. The van der Waals surface area contributed by atoms with Crippen LogP contribution in [0.2, 0.25) is 0 Å². The first-order valence-corrected chi connectivity index (χ1v) is 6.05. The van der Waals surface area contributed by atoms with E-state index in [4.69, 9.17) is 0 Å². The number of aryl methyl sites for hydroxylation is 1. The molecule has 3 rings (SSSR count). The number of fused-ring (bicyclic) bond motifs is 1. The predicted molar refractivity (Wildman–Crippen MR) is 65.3 cm³/mol. The summed E-state index contributed by atoms with van der Waals surface area (Å²) < 4.78 is 0. The summed E-state index contributed by atoms with van der Waals surface area (Å²) in [5, 5.41) is 7.12. The van der Waals surface area contributed by atoms with Gasteiger partial charge in [0.15, 0.2) is 0 Å². The number of nitrogens with zero attached hydrogens (tertiary/aromatic N) is 1. The number of rotatable bonds is 1. The quantitative estimate of drug-likeness (QED) is 0.721. The van der Waals surface area contributed by atoms with Crippen molar-refractivity contribution < 1.29 is 0 Å². The summed E-state index contributed by atoms with van der Waals surface area (Å²) >= 11 is 0. The molecule has 1 aromatic heterocycles. The third kappa shape index (κ3) is 1.64. The molecule has 0 amide bonds. The second kappa shape index (κ2) is 4.12. The van der Waals surface area contributed by atoms with Gasteiger partial charge in [-0.05, 0) is 42.9 Å². The number of H-pyrrole nitrogens is 1. The molecule has 0 saturated heterocycles. The van der Waals surface area contributed by atoms with Gasteiger partial charge in [-0.1, -0.05) is 24.6 Å². The molecular weight excluding hydrogens is 196 g/mol. The minimum atomic E-state index is 1.15. The zero-order chi connectivity index (χ0) is 10.8. The molecule has 0 unspecified atom stereocenters. The molecule has 0 spiro atoms. The molecule has 1 aromatic carbocycles. The van der Waals surface area contributed by atoms with Gasteiger partial charge in [-0.3, -0.25) is 5.10 Å². The molecule has 0 bridgehead atoms. The number of nitrogens with one attached hydrogen (secondary N) is 1. The molecular formula is C14H16N2. The summed E-state index contributed by atoms with van der Waals surface area (Å²) in [4.78, 5) is 0. The molecule has 0 saturated carbocycles. The SMILES string of the molecule is c1cc2c(c(-c3ccn[nH]3)c1)CCCCC2. The number of benzene rings is 1. The molecule has 0 fully saturated rings. The number of hydrogen-bond acceptors (Lipinski definition) is 1. The second-order valence-corrected chi connectivity index (χ2v) is 4.47. The highest BCUT2D eigenvalue weighted by Gasteiger charge is 2.13. The monoisotopic (exact) mass is 212 g/mol. The van der Waals surface area contributed by atoms with Gasteiger partial charge in [0.2, 0.25) is 0 Å². The van der Waals surface area contributed by atoms with Crippen LogP contribution in [0.1, 0.15) is 30.4 Å².